The number of hydrogen-bond donors (Lipinski definition) is 0. The minimum atomic E-state index is -2.63. The fraction of sp³-hybridized carbons (Fsp3) is 0.227. The molecule has 0 aliphatic carbocycles. The number of hydrogen-bond acceptors (Lipinski definition) is 7. The Labute approximate surface area is 209 Å². The molecule has 0 aliphatic heterocycles. The molecule has 3 heterocycles. The third kappa shape index (κ3) is 5.51. The molecule has 4 rings (SSSR count). The zero-order valence-electron chi connectivity index (χ0n) is 18.3. The summed E-state index contributed by atoms with van der Waals surface area (Å²) in [5.74, 6) is -1.09. The number of benzene rings is 1. The Bertz CT molecular complexity index is 1390. The number of thiazole rings is 1. The highest BCUT2D eigenvalue weighted by Gasteiger charge is 2.24. The van der Waals surface area contributed by atoms with Gasteiger partial charge in [-0.3, -0.25) is 4.68 Å². The molecule has 13 heteroatoms. The number of rotatable bonds is 8. The standard InChI is InChI=1S/C22H17BrF3N5O3S/c1-11(34-18-5-14(23)8-27-22(18)31(32)33)17-6-15(24)3-4-16(17)20-19(35-12(2)29-20)10-30-9-13(7-28-30)21(25)26/h3-9,11,21H,10H2,1-2H3. The summed E-state index contributed by atoms with van der Waals surface area (Å²) in [5, 5.41) is 16.1. The number of ether oxygens (including phenoxy) is 1. The number of aromatic nitrogens is 4. The number of pyridine rings is 1. The van der Waals surface area contributed by atoms with Gasteiger partial charge in [0.1, 0.15) is 11.9 Å². The Hall–Kier alpha value is -3.32. The van der Waals surface area contributed by atoms with Crippen LogP contribution in [0.5, 0.6) is 5.75 Å². The van der Waals surface area contributed by atoms with E-state index in [0.29, 0.717) is 26.3 Å². The van der Waals surface area contributed by atoms with Crippen LogP contribution in [0.2, 0.25) is 0 Å². The number of alkyl halides is 2. The van der Waals surface area contributed by atoms with E-state index in [1.54, 1.807) is 19.9 Å². The van der Waals surface area contributed by atoms with Crippen molar-refractivity contribution in [3.05, 3.63) is 84.3 Å². The molecule has 0 amide bonds. The second-order valence-electron chi connectivity index (χ2n) is 7.50. The topological polar surface area (TPSA) is 96.0 Å². The van der Waals surface area contributed by atoms with Crippen molar-refractivity contribution in [1.82, 2.24) is 19.7 Å². The molecule has 0 fully saturated rings. The molecule has 0 bridgehead atoms. The normalized spacial score (nSPS) is 12.2. The van der Waals surface area contributed by atoms with Crippen LogP contribution in [-0.2, 0) is 6.54 Å². The molecule has 1 unspecified atom stereocenters. The van der Waals surface area contributed by atoms with Crippen molar-refractivity contribution in [2.75, 3.05) is 0 Å². The van der Waals surface area contributed by atoms with E-state index >= 15 is 0 Å². The fourth-order valence-corrected chi connectivity index (χ4v) is 4.74. The van der Waals surface area contributed by atoms with Gasteiger partial charge in [-0.15, -0.1) is 11.3 Å². The predicted molar refractivity (Wildman–Crippen MR) is 126 cm³/mol. The predicted octanol–water partition coefficient (Wildman–Crippen LogP) is 6.65. The molecule has 182 valence electrons. The molecule has 0 spiro atoms. The van der Waals surface area contributed by atoms with Crippen molar-refractivity contribution in [2.45, 2.75) is 32.9 Å². The summed E-state index contributed by atoms with van der Waals surface area (Å²) < 4.78 is 47.9. The molecular formula is C22H17BrF3N5O3S. The van der Waals surface area contributed by atoms with Crippen molar-refractivity contribution in [1.29, 1.82) is 0 Å². The van der Waals surface area contributed by atoms with Gasteiger partial charge in [0, 0.05) is 23.4 Å². The summed E-state index contributed by atoms with van der Waals surface area (Å²) in [7, 11) is 0. The van der Waals surface area contributed by atoms with Crippen molar-refractivity contribution in [2.24, 2.45) is 0 Å². The van der Waals surface area contributed by atoms with Crippen LogP contribution in [0.3, 0.4) is 0 Å². The summed E-state index contributed by atoms with van der Waals surface area (Å²) in [6.07, 6.45) is 0.198. The smallest absolute Gasteiger partial charge is 0.406 e. The van der Waals surface area contributed by atoms with Gasteiger partial charge in [-0.25, -0.2) is 18.2 Å². The van der Waals surface area contributed by atoms with Crippen LogP contribution in [0.15, 0.2) is 47.3 Å². The molecule has 35 heavy (non-hydrogen) atoms. The van der Waals surface area contributed by atoms with E-state index in [1.165, 1.54) is 46.6 Å². The number of nitrogens with zero attached hydrogens (tertiary/aromatic N) is 5. The van der Waals surface area contributed by atoms with Crippen molar-refractivity contribution < 1.29 is 22.8 Å². The summed E-state index contributed by atoms with van der Waals surface area (Å²) >= 11 is 4.58. The molecule has 0 N–H and O–H groups in total. The quantitative estimate of drug-likeness (QED) is 0.175. The number of aryl methyl sites for hydroxylation is 1. The van der Waals surface area contributed by atoms with E-state index < -0.39 is 29.1 Å². The van der Waals surface area contributed by atoms with Crippen LogP contribution in [0.1, 0.15) is 40.5 Å². The first-order valence-corrected chi connectivity index (χ1v) is 11.8. The fourth-order valence-electron chi connectivity index (χ4n) is 3.49. The molecule has 8 nitrogen and oxygen atoms in total. The van der Waals surface area contributed by atoms with Gasteiger partial charge in [0.25, 0.3) is 6.43 Å². The Balaban J connectivity index is 1.72. The zero-order chi connectivity index (χ0) is 25.3. The third-order valence-electron chi connectivity index (χ3n) is 5.00. The van der Waals surface area contributed by atoms with E-state index in [2.05, 4.69) is 31.0 Å². The van der Waals surface area contributed by atoms with Gasteiger partial charge in [-0.05, 0) is 57.9 Å². The van der Waals surface area contributed by atoms with Gasteiger partial charge in [0.15, 0.2) is 6.20 Å². The summed E-state index contributed by atoms with van der Waals surface area (Å²) in [5.41, 5.74) is 1.28. The van der Waals surface area contributed by atoms with Gasteiger partial charge in [0.05, 0.1) is 38.4 Å². The maximum Gasteiger partial charge on any atom is 0.406 e. The Morgan fingerprint density at radius 1 is 1.29 bits per heavy atom. The molecule has 3 aromatic heterocycles. The van der Waals surface area contributed by atoms with Crippen LogP contribution in [0.4, 0.5) is 19.0 Å². The number of halogens is 4. The minimum Gasteiger partial charge on any atom is -0.478 e. The lowest BCUT2D eigenvalue weighted by Crippen LogP contribution is -2.09. The lowest BCUT2D eigenvalue weighted by molar-refractivity contribution is -0.390. The maximum atomic E-state index is 14.3. The highest BCUT2D eigenvalue weighted by molar-refractivity contribution is 9.10. The zero-order valence-corrected chi connectivity index (χ0v) is 20.7. The maximum absolute atomic E-state index is 14.3. The molecule has 0 saturated heterocycles. The van der Waals surface area contributed by atoms with Gasteiger partial charge in [-0.2, -0.15) is 5.10 Å². The summed E-state index contributed by atoms with van der Waals surface area (Å²) in [6, 6.07) is 5.51. The Morgan fingerprint density at radius 2 is 2.06 bits per heavy atom. The van der Waals surface area contributed by atoms with Crippen molar-refractivity contribution in [3.8, 4) is 17.0 Å². The van der Waals surface area contributed by atoms with Crippen molar-refractivity contribution >= 4 is 33.1 Å². The molecule has 4 aromatic rings. The average Bonchev–Trinajstić information content (AvgIpc) is 3.40. The van der Waals surface area contributed by atoms with Crippen molar-refractivity contribution in [3.63, 3.8) is 0 Å². The van der Waals surface area contributed by atoms with Crippen LogP contribution in [-0.4, -0.2) is 24.7 Å². The Morgan fingerprint density at radius 3 is 2.74 bits per heavy atom. The lowest BCUT2D eigenvalue weighted by Gasteiger charge is -2.18. The highest BCUT2D eigenvalue weighted by Crippen LogP contribution is 2.37. The monoisotopic (exact) mass is 567 g/mol. The second-order valence-corrected chi connectivity index (χ2v) is 9.70. The molecule has 0 aliphatic rings. The van der Waals surface area contributed by atoms with Gasteiger partial charge >= 0.3 is 5.82 Å². The average molecular weight is 568 g/mol. The third-order valence-corrected chi connectivity index (χ3v) is 6.39. The van der Waals surface area contributed by atoms with Gasteiger partial charge in [0.2, 0.25) is 5.75 Å². The van der Waals surface area contributed by atoms with Crippen LogP contribution in [0, 0.1) is 22.9 Å². The van der Waals surface area contributed by atoms with E-state index in [4.69, 9.17) is 4.74 Å². The van der Waals surface area contributed by atoms with E-state index in [-0.39, 0.29) is 17.9 Å². The molecule has 0 saturated carbocycles. The first kappa shape index (κ1) is 24.8. The van der Waals surface area contributed by atoms with Gasteiger partial charge in [-0.1, -0.05) is 0 Å². The highest BCUT2D eigenvalue weighted by atomic mass is 79.9. The second kappa shape index (κ2) is 10.1. The first-order chi connectivity index (χ1) is 16.6. The van der Waals surface area contributed by atoms with Gasteiger partial charge < -0.3 is 14.9 Å². The minimum absolute atomic E-state index is 0.0853. The van der Waals surface area contributed by atoms with Crippen LogP contribution in [0.25, 0.3) is 11.3 Å². The number of nitro groups is 1. The van der Waals surface area contributed by atoms with E-state index in [9.17, 15) is 23.3 Å². The molecular weight excluding hydrogens is 551 g/mol. The summed E-state index contributed by atoms with van der Waals surface area (Å²) in [4.78, 5) is 19.8. The van der Waals surface area contributed by atoms with Crippen LogP contribution < -0.4 is 4.74 Å². The summed E-state index contributed by atoms with van der Waals surface area (Å²) in [6.45, 7) is 3.61. The molecule has 1 aromatic carbocycles. The Kier molecular flexibility index (Phi) is 7.17. The van der Waals surface area contributed by atoms with E-state index in [0.717, 1.165) is 11.1 Å². The molecule has 0 radical (unpaired) electrons. The first-order valence-electron chi connectivity index (χ1n) is 10.2. The molecule has 1 atom stereocenters. The van der Waals surface area contributed by atoms with Crippen LogP contribution >= 0.6 is 27.3 Å². The van der Waals surface area contributed by atoms with E-state index in [1.807, 2.05) is 0 Å². The lowest BCUT2D eigenvalue weighted by atomic mass is 9.99. The SMILES string of the molecule is Cc1nc(-c2ccc(F)cc2C(C)Oc2cc(Br)cnc2[N+](=O)[O-])c(Cn2cc(C(F)F)cn2)s1. The largest absolute Gasteiger partial charge is 0.478 e.